The Labute approximate surface area is 214 Å². The van der Waals surface area contributed by atoms with Gasteiger partial charge >= 0.3 is 191 Å². The molecule has 0 radical (unpaired) electrons. The van der Waals surface area contributed by atoms with E-state index in [1.165, 1.54) is 24.0 Å². The van der Waals surface area contributed by atoms with E-state index in [0.29, 0.717) is 0 Å². The number of benzene rings is 2. The van der Waals surface area contributed by atoms with Crippen molar-refractivity contribution in [1.29, 1.82) is 0 Å². The van der Waals surface area contributed by atoms with Crippen molar-refractivity contribution >= 4 is 20.1 Å². The molecule has 2 aliphatic carbocycles. The van der Waals surface area contributed by atoms with Gasteiger partial charge in [0.15, 0.2) is 0 Å². The van der Waals surface area contributed by atoms with Crippen LogP contribution in [0.1, 0.15) is 77.1 Å². The van der Waals surface area contributed by atoms with E-state index in [1.54, 1.807) is 16.7 Å². The molecule has 0 fully saturated rings. The molecule has 2 aromatic carbocycles. The van der Waals surface area contributed by atoms with E-state index in [-0.39, 0.29) is 32.7 Å². The number of rotatable bonds is 7. The molecule has 0 heterocycles. The van der Waals surface area contributed by atoms with Gasteiger partial charge in [0, 0.05) is 0 Å². The van der Waals surface area contributed by atoms with Crippen LogP contribution in [0.25, 0.3) is 12.2 Å². The second-order valence-corrected chi connectivity index (χ2v) is 17.1. The first-order chi connectivity index (χ1) is 14.0. The second kappa shape index (κ2) is 11.8. The van der Waals surface area contributed by atoms with Gasteiger partial charge < -0.3 is 24.8 Å². The largest absolute Gasteiger partial charge is 1.00 e. The molecule has 2 aliphatic rings. The molecule has 0 aliphatic heterocycles. The van der Waals surface area contributed by atoms with Gasteiger partial charge in [-0.25, -0.2) is 0 Å². The molecule has 4 heteroatoms. The second-order valence-electron chi connectivity index (χ2n) is 8.67. The Kier molecular flexibility index (Phi) is 10.3. The topological polar surface area (TPSA) is 0 Å². The summed E-state index contributed by atoms with van der Waals surface area (Å²) in [4.78, 5) is 0. The standard InChI is InChI=1S/C17H24P.C10H9.2ClH.Hf/c1-5-13(3)18(14(4)6-2)17-11-15-9-7-8-10-16(15)12-17;1-8-6-9-4-2-3-5-10(9)7-8;;;/h7-14H,5-6H2,1-4H3;2-7H,1H3;2*1H;/q;;;;+2/p-2. The van der Waals surface area contributed by atoms with Crippen LogP contribution >= 0.6 is 7.92 Å². The molecule has 164 valence electrons. The number of hydrogen-bond acceptors (Lipinski definition) is 0. The molecule has 2 aromatic rings. The van der Waals surface area contributed by atoms with Gasteiger partial charge in [-0.3, -0.25) is 0 Å². The van der Waals surface area contributed by atoms with Crippen molar-refractivity contribution in [2.45, 2.75) is 66.1 Å². The van der Waals surface area contributed by atoms with Crippen LogP contribution in [-0.2, 0) is 22.9 Å². The number of hydrogen-bond donors (Lipinski definition) is 0. The normalized spacial score (nSPS) is 21.3. The van der Waals surface area contributed by atoms with Crippen molar-refractivity contribution < 1.29 is 47.7 Å². The van der Waals surface area contributed by atoms with Gasteiger partial charge in [0.25, 0.3) is 0 Å². The predicted octanol–water partition coefficient (Wildman–Crippen LogP) is 2.41. The first-order valence-electron chi connectivity index (χ1n) is 11.2. The Hall–Kier alpha value is -0.200. The van der Waals surface area contributed by atoms with Crippen molar-refractivity contribution in [3.63, 3.8) is 0 Å². The van der Waals surface area contributed by atoms with Crippen molar-refractivity contribution in [3.8, 4) is 0 Å². The zero-order chi connectivity index (χ0) is 20.5. The summed E-state index contributed by atoms with van der Waals surface area (Å²) in [6, 6.07) is 18.5. The average Bonchev–Trinajstić information content (AvgIpc) is 3.25. The van der Waals surface area contributed by atoms with Gasteiger partial charge in [-0.05, 0) is 0 Å². The third-order valence-electron chi connectivity index (χ3n) is 6.81. The zero-order valence-corrected chi connectivity index (χ0v) is 25.2. The fraction of sp³-hybridized carbons (Fsp3) is 0.407. The molecule has 4 atom stereocenters. The van der Waals surface area contributed by atoms with Crippen molar-refractivity contribution in [2.24, 2.45) is 0 Å². The van der Waals surface area contributed by atoms with Crippen molar-refractivity contribution in [2.75, 3.05) is 0 Å². The number of allylic oxidation sites excluding steroid dienone is 2. The fourth-order valence-electron chi connectivity index (χ4n) is 4.91. The summed E-state index contributed by atoms with van der Waals surface area (Å²) in [6.45, 7) is 12.2. The van der Waals surface area contributed by atoms with Gasteiger partial charge in [0.1, 0.15) is 0 Å². The van der Waals surface area contributed by atoms with Crippen molar-refractivity contribution in [1.82, 2.24) is 0 Å². The minimum atomic E-state index is -1.03. The van der Waals surface area contributed by atoms with Gasteiger partial charge in [0.05, 0.1) is 0 Å². The molecular formula is C27H33Cl2HfP. The summed E-state index contributed by atoms with van der Waals surface area (Å²) in [5.41, 5.74) is 9.53. The van der Waals surface area contributed by atoms with Gasteiger partial charge in [-0.15, -0.1) is 0 Å². The molecule has 0 nitrogen and oxygen atoms in total. The maximum atomic E-state index is 2.64. The van der Waals surface area contributed by atoms with Gasteiger partial charge in [0.2, 0.25) is 0 Å². The van der Waals surface area contributed by atoms with E-state index < -0.39 is 22.9 Å². The van der Waals surface area contributed by atoms with Crippen LogP contribution in [0.4, 0.5) is 0 Å². The Balaban J connectivity index is 0.00000171. The van der Waals surface area contributed by atoms with E-state index in [1.807, 2.05) is 5.31 Å². The molecule has 0 amide bonds. The summed E-state index contributed by atoms with van der Waals surface area (Å²) in [7, 11) is -0.0816. The van der Waals surface area contributed by atoms with Crippen LogP contribution in [0, 0.1) is 0 Å². The average molecular weight is 638 g/mol. The molecule has 0 N–H and O–H groups in total. The molecule has 0 saturated carbocycles. The summed E-state index contributed by atoms with van der Waals surface area (Å²) in [5, 5.41) is 1.85. The third-order valence-corrected chi connectivity index (χ3v) is 18.7. The zero-order valence-electron chi connectivity index (χ0n) is 19.2. The SMILES string of the molecule is CCC(C)P(C1=Cc2ccccc2[CH]1[Hf+2][CH]1C(C)=Cc2ccccc21)C(C)CC.[Cl-].[Cl-]. The van der Waals surface area contributed by atoms with Crippen LogP contribution < -0.4 is 24.8 Å². The molecule has 4 rings (SSSR count). The maximum absolute atomic E-state index is 2.64. The van der Waals surface area contributed by atoms with Crippen LogP contribution in [-0.4, -0.2) is 11.3 Å². The van der Waals surface area contributed by atoms with Crippen LogP contribution in [0.3, 0.4) is 0 Å². The Bertz CT molecular complexity index is 942. The smallest absolute Gasteiger partial charge is 1.00 e. The summed E-state index contributed by atoms with van der Waals surface area (Å²) >= 11 is -1.03. The van der Waals surface area contributed by atoms with E-state index >= 15 is 0 Å². The summed E-state index contributed by atoms with van der Waals surface area (Å²) < 4.78 is 1.51. The van der Waals surface area contributed by atoms with Crippen molar-refractivity contribution in [3.05, 3.63) is 81.7 Å². The van der Waals surface area contributed by atoms with Crippen LogP contribution in [0.15, 0.2) is 59.4 Å². The maximum Gasteiger partial charge on any atom is -1.00 e. The minimum Gasteiger partial charge on any atom is -1.00 e. The Morgan fingerprint density at radius 2 is 1.26 bits per heavy atom. The molecule has 0 spiro atoms. The quantitative estimate of drug-likeness (QED) is 0.324. The van der Waals surface area contributed by atoms with E-state index in [0.717, 1.165) is 18.7 Å². The van der Waals surface area contributed by atoms with E-state index in [2.05, 4.69) is 95.3 Å². The Morgan fingerprint density at radius 3 is 1.81 bits per heavy atom. The monoisotopic (exact) mass is 638 g/mol. The molecule has 0 bridgehead atoms. The number of fused-ring (bicyclic) bond motifs is 2. The van der Waals surface area contributed by atoms with E-state index in [9.17, 15) is 0 Å². The molecular weight excluding hydrogens is 605 g/mol. The van der Waals surface area contributed by atoms with Gasteiger partial charge in [-0.1, -0.05) is 0 Å². The molecule has 4 unspecified atom stereocenters. The Morgan fingerprint density at radius 1 is 0.774 bits per heavy atom. The molecule has 31 heavy (non-hydrogen) atoms. The first kappa shape index (κ1) is 27.0. The number of halogens is 2. The predicted molar refractivity (Wildman–Crippen MR) is 126 cm³/mol. The third kappa shape index (κ3) is 5.32. The van der Waals surface area contributed by atoms with Crippen LogP contribution in [0.2, 0.25) is 0 Å². The molecule has 0 saturated heterocycles. The van der Waals surface area contributed by atoms with Gasteiger partial charge in [-0.2, -0.15) is 0 Å². The molecule has 0 aromatic heterocycles. The first-order valence-corrected chi connectivity index (χ1v) is 16.8. The fourth-order valence-corrected chi connectivity index (χ4v) is 17.1. The summed E-state index contributed by atoms with van der Waals surface area (Å²) in [5.74, 6) is 0. The van der Waals surface area contributed by atoms with Crippen LogP contribution in [0.5, 0.6) is 0 Å². The minimum absolute atomic E-state index is 0. The summed E-state index contributed by atoms with van der Waals surface area (Å²) in [6.07, 6.45) is 7.70. The van der Waals surface area contributed by atoms with E-state index in [4.69, 9.17) is 0 Å².